The third-order valence-corrected chi connectivity index (χ3v) is 6.35. The average molecular weight is 474 g/mol. The summed E-state index contributed by atoms with van der Waals surface area (Å²) in [6, 6.07) is 25.2. The van der Waals surface area contributed by atoms with Gasteiger partial charge in [0.2, 0.25) is 0 Å². The van der Waals surface area contributed by atoms with E-state index in [0.717, 1.165) is 30.8 Å². The number of aryl methyl sites for hydroxylation is 1. The largest absolute Gasteiger partial charge is 0.368 e. The lowest BCUT2D eigenvalue weighted by Gasteiger charge is -2.36. The first-order valence-corrected chi connectivity index (χ1v) is 11.8. The molecule has 1 fully saturated rings. The molecule has 1 atom stereocenters. The van der Waals surface area contributed by atoms with Crippen LogP contribution in [0.15, 0.2) is 72.8 Å². The summed E-state index contributed by atoms with van der Waals surface area (Å²) < 4.78 is 6.39. The van der Waals surface area contributed by atoms with Gasteiger partial charge in [-0.25, -0.2) is 0 Å². The summed E-state index contributed by atoms with van der Waals surface area (Å²) in [5.41, 5.74) is 4.51. The van der Waals surface area contributed by atoms with Crippen LogP contribution in [0.25, 0.3) is 0 Å². The number of hydrogen-bond acceptors (Lipinski definition) is 4. The van der Waals surface area contributed by atoms with Gasteiger partial charge in [-0.2, -0.15) is 5.26 Å². The van der Waals surface area contributed by atoms with Crippen LogP contribution in [0.5, 0.6) is 0 Å². The highest BCUT2D eigenvalue weighted by Gasteiger charge is 2.25. The number of carbonyl (C=O) groups excluding carboxylic acids is 1. The van der Waals surface area contributed by atoms with E-state index in [0.29, 0.717) is 35.8 Å². The van der Waals surface area contributed by atoms with E-state index in [1.54, 1.807) is 24.3 Å². The van der Waals surface area contributed by atoms with Gasteiger partial charge in [-0.1, -0.05) is 59.6 Å². The van der Waals surface area contributed by atoms with Crippen molar-refractivity contribution in [1.29, 1.82) is 5.26 Å². The molecule has 1 aliphatic heterocycles. The Labute approximate surface area is 206 Å². The Hall–Kier alpha value is -3.17. The van der Waals surface area contributed by atoms with Crippen LogP contribution in [-0.4, -0.2) is 48.4 Å². The predicted octanol–water partition coefficient (Wildman–Crippen LogP) is 5.24. The summed E-state index contributed by atoms with van der Waals surface area (Å²) in [6.07, 6.45) is -0.104. The van der Waals surface area contributed by atoms with Crippen molar-refractivity contribution in [1.82, 2.24) is 9.80 Å². The molecule has 34 heavy (non-hydrogen) atoms. The molecule has 4 rings (SSSR count). The monoisotopic (exact) mass is 473 g/mol. The molecule has 3 aromatic carbocycles. The third-order valence-electron chi connectivity index (χ3n) is 6.10. The molecule has 174 valence electrons. The maximum Gasteiger partial charge on any atom is 0.253 e. The van der Waals surface area contributed by atoms with Crippen molar-refractivity contribution in [3.05, 3.63) is 106 Å². The number of benzene rings is 3. The highest BCUT2D eigenvalue weighted by atomic mass is 35.5. The van der Waals surface area contributed by atoms with E-state index in [4.69, 9.17) is 21.6 Å². The number of piperazine rings is 1. The summed E-state index contributed by atoms with van der Waals surface area (Å²) in [5.74, 6) is -0.0262. The van der Waals surface area contributed by atoms with Crippen molar-refractivity contribution in [2.45, 2.75) is 19.6 Å². The number of ether oxygens (including phenoxy) is 1. The van der Waals surface area contributed by atoms with Crippen LogP contribution in [0, 0.1) is 18.3 Å². The van der Waals surface area contributed by atoms with Crippen LogP contribution in [0.3, 0.4) is 0 Å². The summed E-state index contributed by atoms with van der Waals surface area (Å²) in [5, 5.41) is 9.81. The maximum absolute atomic E-state index is 12.9. The second kappa shape index (κ2) is 11.3. The molecule has 6 heteroatoms. The molecule has 0 aliphatic carbocycles. The molecule has 3 aromatic rings. The number of nitriles is 1. The summed E-state index contributed by atoms with van der Waals surface area (Å²) >= 11 is 6.11. The van der Waals surface area contributed by atoms with Crippen LogP contribution in [0.4, 0.5) is 0 Å². The highest BCUT2D eigenvalue weighted by Crippen LogP contribution is 2.24. The molecule has 0 radical (unpaired) electrons. The molecular weight excluding hydrogens is 446 g/mol. The summed E-state index contributed by atoms with van der Waals surface area (Å²) in [6.45, 7) is 6.16. The van der Waals surface area contributed by atoms with Gasteiger partial charge in [0, 0.05) is 43.3 Å². The number of halogens is 1. The van der Waals surface area contributed by atoms with Crippen molar-refractivity contribution in [2.75, 3.05) is 32.7 Å². The Morgan fingerprint density at radius 3 is 2.47 bits per heavy atom. The highest BCUT2D eigenvalue weighted by molar-refractivity contribution is 6.30. The van der Waals surface area contributed by atoms with E-state index in [2.05, 4.69) is 36.1 Å². The lowest BCUT2D eigenvalue weighted by atomic mass is 10.1. The number of rotatable bonds is 7. The van der Waals surface area contributed by atoms with Crippen LogP contribution in [-0.2, 0) is 11.3 Å². The van der Waals surface area contributed by atoms with Crippen molar-refractivity contribution >= 4 is 17.5 Å². The third kappa shape index (κ3) is 6.24. The number of carbonyl (C=O) groups is 1. The second-order valence-electron chi connectivity index (χ2n) is 8.63. The molecule has 0 bridgehead atoms. The normalized spacial score (nSPS) is 15.0. The van der Waals surface area contributed by atoms with Crippen LogP contribution in [0.1, 0.15) is 38.7 Å². The molecule has 0 spiro atoms. The van der Waals surface area contributed by atoms with E-state index < -0.39 is 0 Å². The van der Waals surface area contributed by atoms with Gasteiger partial charge in [-0.15, -0.1) is 0 Å². The first-order chi connectivity index (χ1) is 16.5. The molecule has 1 saturated heterocycles. The quantitative estimate of drug-likeness (QED) is 0.471. The van der Waals surface area contributed by atoms with Gasteiger partial charge in [0.25, 0.3) is 5.91 Å². The maximum atomic E-state index is 12.9. The Morgan fingerprint density at radius 2 is 1.76 bits per heavy atom. The Balaban J connectivity index is 1.39. The first kappa shape index (κ1) is 24.0. The molecule has 0 N–H and O–H groups in total. The first-order valence-electron chi connectivity index (χ1n) is 11.5. The zero-order chi connectivity index (χ0) is 23.9. The smallest absolute Gasteiger partial charge is 0.253 e. The zero-order valence-corrected chi connectivity index (χ0v) is 20.0. The molecule has 0 saturated carbocycles. The van der Waals surface area contributed by atoms with Crippen molar-refractivity contribution < 1.29 is 9.53 Å². The number of nitrogens with zero attached hydrogens (tertiary/aromatic N) is 3. The fourth-order valence-corrected chi connectivity index (χ4v) is 4.33. The molecule has 1 aliphatic rings. The molecule has 1 heterocycles. The standard InChI is InChI=1S/C28H28ClN3O2/c1-21-4-2-6-23(16-21)20-34-27(24-8-10-26(29)11-9-24)19-31-12-14-32(15-13-31)28(33)25-7-3-5-22(17-25)18-30/h2-11,16-17,27H,12-15,19-20H2,1H3/t27-/m0/s1. The Bertz CT molecular complexity index is 1160. The average Bonchev–Trinajstić information content (AvgIpc) is 2.87. The SMILES string of the molecule is Cc1cccc(CO[C@@H](CN2CCN(C(=O)c3cccc(C#N)c3)CC2)c2ccc(Cl)cc2)c1. The summed E-state index contributed by atoms with van der Waals surface area (Å²) in [7, 11) is 0. The molecule has 5 nitrogen and oxygen atoms in total. The predicted molar refractivity (Wildman–Crippen MR) is 134 cm³/mol. The van der Waals surface area contributed by atoms with E-state index in [1.165, 1.54) is 5.56 Å². The molecule has 1 amide bonds. The van der Waals surface area contributed by atoms with E-state index in [9.17, 15) is 4.79 Å². The Kier molecular flexibility index (Phi) is 7.97. The number of amides is 1. The van der Waals surface area contributed by atoms with Gasteiger partial charge in [0.1, 0.15) is 0 Å². The van der Waals surface area contributed by atoms with Gasteiger partial charge >= 0.3 is 0 Å². The minimum atomic E-state index is -0.104. The molecule has 0 aromatic heterocycles. The fraction of sp³-hybridized carbons (Fsp3) is 0.286. The minimum absolute atomic E-state index is 0.0262. The van der Waals surface area contributed by atoms with Gasteiger partial charge in [-0.3, -0.25) is 9.69 Å². The second-order valence-corrected chi connectivity index (χ2v) is 9.06. The molecular formula is C28H28ClN3O2. The van der Waals surface area contributed by atoms with Gasteiger partial charge in [0.05, 0.1) is 24.3 Å². The van der Waals surface area contributed by atoms with Gasteiger partial charge in [-0.05, 0) is 48.4 Å². The van der Waals surface area contributed by atoms with Crippen LogP contribution in [0.2, 0.25) is 5.02 Å². The topological polar surface area (TPSA) is 56.6 Å². The van der Waals surface area contributed by atoms with E-state index in [1.807, 2.05) is 35.2 Å². The van der Waals surface area contributed by atoms with Crippen LogP contribution < -0.4 is 0 Å². The van der Waals surface area contributed by atoms with Crippen molar-refractivity contribution in [2.24, 2.45) is 0 Å². The fourth-order valence-electron chi connectivity index (χ4n) is 4.20. The van der Waals surface area contributed by atoms with Crippen LogP contribution >= 0.6 is 11.6 Å². The van der Waals surface area contributed by atoms with E-state index in [-0.39, 0.29) is 12.0 Å². The Morgan fingerprint density at radius 1 is 1.03 bits per heavy atom. The van der Waals surface area contributed by atoms with Gasteiger partial charge < -0.3 is 9.64 Å². The lowest BCUT2D eigenvalue weighted by Crippen LogP contribution is -2.49. The van der Waals surface area contributed by atoms with E-state index >= 15 is 0 Å². The van der Waals surface area contributed by atoms with Crippen molar-refractivity contribution in [3.8, 4) is 6.07 Å². The zero-order valence-electron chi connectivity index (χ0n) is 19.3. The van der Waals surface area contributed by atoms with Gasteiger partial charge in [0.15, 0.2) is 0 Å². The minimum Gasteiger partial charge on any atom is -0.368 e. The van der Waals surface area contributed by atoms with Crippen molar-refractivity contribution in [3.63, 3.8) is 0 Å². The number of hydrogen-bond donors (Lipinski definition) is 0. The molecule has 0 unspecified atom stereocenters. The lowest BCUT2D eigenvalue weighted by molar-refractivity contribution is 0.00341. The summed E-state index contributed by atoms with van der Waals surface area (Å²) in [4.78, 5) is 17.1.